The van der Waals surface area contributed by atoms with E-state index in [0.29, 0.717) is 5.56 Å². The van der Waals surface area contributed by atoms with Crippen LogP contribution in [-0.2, 0) is 9.53 Å². The lowest BCUT2D eigenvalue weighted by Crippen LogP contribution is -2.22. The van der Waals surface area contributed by atoms with Gasteiger partial charge in [-0.1, -0.05) is 54.1 Å². The van der Waals surface area contributed by atoms with Crippen LogP contribution in [-0.4, -0.2) is 18.5 Å². The second kappa shape index (κ2) is 8.43. The van der Waals surface area contributed by atoms with Crippen LogP contribution >= 0.6 is 0 Å². The fraction of sp³-hybridized carbons (Fsp3) is 0.0909. The summed E-state index contributed by atoms with van der Waals surface area (Å²) in [7, 11) is 0. The summed E-state index contributed by atoms with van der Waals surface area (Å²) in [5.41, 5.74) is 2.28. The number of carbonyl (C=O) groups excluding carboxylic acids is 2. The van der Waals surface area contributed by atoms with Crippen LogP contribution in [0.15, 0.2) is 66.7 Å². The number of ether oxygens (including phenoxy) is 1. The minimum atomic E-state index is -0.913. The molecule has 0 saturated heterocycles. The zero-order valence-corrected chi connectivity index (χ0v) is 15.0. The van der Waals surface area contributed by atoms with Crippen LogP contribution < -0.4 is 5.32 Å². The molecule has 0 radical (unpaired) electrons. The van der Waals surface area contributed by atoms with Crippen molar-refractivity contribution in [2.45, 2.75) is 6.92 Å². The Bertz CT molecular complexity index is 996. The Balaban J connectivity index is 1.70. The normalized spacial score (nSPS) is 10.4. The Morgan fingerprint density at radius 1 is 0.893 bits per heavy atom. The molecule has 4 nitrogen and oxygen atoms in total. The molecule has 0 aliphatic rings. The summed E-state index contributed by atoms with van der Waals surface area (Å²) in [5.74, 6) is -3.38. The lowest BCUT2D eigenvalue weighted by molar-refractivity contribution is -0.119. The quantitative estimate of drug-likeness (QED) is 0.650. The minimum absolute atomic E-state index is 0.288. The van der Waals surface area contributed by atoms with Gasteiger partial charge in [0.05, 0.1) is 5.56 Å². The highest BCUT2D eigenvalue weighted by molar-refractivity contribution is 5.99. The number of aryl methyl sites for hydroxylation is 1. The molecule has 0 aromatic heterocycles. The van der Waals surface area contributed by atoms with E-state index in [2.05, 4.69) is 5.32 Å². The number of amides is 1. The third-order valence-corrected chi connectivity index (χ3v) is 4.07. The van der Waals surface area contributed by atoms with Crippen LogP contribution in [0.2, 0.25) is 0 Å². The molecule has 0 spiro atoms. The van der Waals surface area contributed by atoms with E-state index in [9.17, 15) is 18.4 Å². The molecular formula is C22H17F2NO3. The van der Waals surface area contributed by atoms with Crippen LogP contribution in [0, 0.1) is 18.6 Å². The first-order chi connectivity index (χ1) is 13.5. The van der Waals surface area contributed by atoms with Crippen molar-refractivity contribution in [3.63, 3.8) is 0 Å². The van der Waals surface area contributed by atoms with Gasteiger partial charge >= 0.3 is 5.97 Å². The highest BCUT2D eigenvalue weighted by atomic mass is 19.1. The van der Waals surface area contributed by atoms with Crippen LogP contribution in [0.1, 0.15) is 15.9 Å². The molecule has 0 unspecified atom stereocenters. The van der Waals surface area contributed by atoms with Crippen molar-refractivity contribution in [1.82, 2.24) is 0 Å². The molecule has 6 heteroatoms. The van der Waals surface area contributed by atoms with Crippen LogP contribution in [0.5, 0.6) is 0 Å². The summed E-state index contributed by atoms with van der Waals surface area (Å²) >= 11 is 0. The Hall–Kier alpha value is -3.54. The number of halogens is 2. The maximum atomic E-state index is 13.6. The molecule has 0 bridgehead atoms. The van der Waals surface area contributed by atoms with Gasteiger partial charge in [-0.25, -0.2) is 13.6 Å². The summed E-state index contributed by atoms with van der Waals surface area (Å²) in [6.07, 6.45) is 0. The van der Waals surface area contributed by atoms with Gasteiger partial charge in [-0.2, -0.15) is 0 Å². The number of para-hydroxylation sites is 1. The van der Waals surface area contributed by atoms with Gasteiger partial charge in [-0.3, -0.25) is 4.79 Å². The first-order valence-electron chi connectivity index (χ1n) is 8.53. The average molecular weight is 381 g/mol. The number of rotatable bonds is 5. The number of carbonyl (C=O) groups is 2. The highest BCUT2D eigenvalue weighted by Crippen LogP contribution is 2.25. The highest BCUT2D eigenvalue weighted by Gasteiger charge is 2.17. The monoisotopic (exact) mass is 381 g/mol. The van der Waals surface area contributed by atoms with Gasteiger partial charge in [0.25, 0.3) is 5.91 Å². The summed E-state index contributed by atoms with van der Waals surface area (Å²) in [6.45, 7) is 1.29. The molecule has 0 atom stereocenters. The predicted molar refractivity (Wildman–Crippen MR) is 102 cm³/mol. The third kappa shape index (κ3) is 4.40. The van der Waals surface area contributed by atoms with Crippen LogP contribution in [0.3, 0.4) is 0 Å². The lowest BCUT2D eigenvalue weighted by Gasteiger charge is -2.11. The van der Waals surface area contributed by atoms with E-state index in [1.165, 1.54) is 6.07 Å². The SMILES string of the molecule is Cc1ccc(-c2ccccc2C(=O)OCC(=O)Nc2c(F)cccc2F)cc1. The molecular weight excluding hydrogens is 364 g/mol. The summed E-state index contributed by atoms with van der Waals surface area (Å²) in [4.78, 5) is 24.4. The Morgan fingerprint density at radius 3 is 2.21 bits per heavy atom. The summed E-state index contributed by atoms with van der Waals surface area (Å²) in [6, 6.07) is 17.7. The van der Waals surface area contributed by atoms with Gasteiger partial charge in [0.2, 0.25) is 0 Å². The zero-order valence-electron chi connectivity index (χ0n) is 15.0. The molecule has 142 valence electrons. The van der Waals surface area contributed by atoms with Gasteiger partial charge in [0.1, 0.15) is 17.3 Å². The van der Waals surface area contributed by atoms with Crippen molar-refractivity contribution in [2.24, 2.45) is 0 Å². The lowest BCUT2D eigenvalue weighted by atomic mass is 9.99. The summed E-state index contributed by atoms with van der Waals surface area (Å²) in [5, 5.41) is 2.07. The fourth-order valence-electron chi connectivity index (χ4n) is 2.65. The van der Waals surface area contributed by atoms with Gasteiger partial charge < -0.3 is 10.1 Å². The maximum Gasteiger partial charge on any atom is 0.339 e. The van der Waals surface area contributed by atoms with E-state index in [1.807, 2.05) is 31.2 Å². The second-order valence-corrected chi connectivity index (χ2v) is 6.13. The van der Waals surface area contributed by atoms with E-state index >= 15 is 0 Å². The van der Waals surface area contributed by atoms with Gasteiger partial charge in [-0.05, 0) is 36.2 Å². The Morgan fingerprint density at radius 2 is 1.54 bits per heavy atom. The van der Waals surface area contributed by atoms with E-state index in [1.54, 1.807) is 24.3 Å². The number of esters is 1. The van der Waals surface area contributed by atoms with Crippen molar-refractivity contribution in [1.29, 1.82) is 0 Å². The van der Waals surface area contributed by atoms with Gasteiger partial charge in [-0.15, -0.1) is 0 Å². The number of benzene rings is 3. The smallest absolute Gasteiger partial charge is 0.339 e. The third-order valence-electron chi connectivity index (χ3n) is 4.07. The van der Waals surface area contributed by atoms with Crippen LogP contribution in [0.25, 0.3) is 11.1 Å². The topological polar surface area (TPSA) is 55.4 Å². The fourth-order valence-corrected chi connectivity index (χ4v) is 2.65. The van der Waals surface area contributed by atoms with Crippen molar-refractivity contribution in [2.75, 3.05) is 11.9 Å². The number of hydrogen-bond donors (Lipinski definition) is 1. The minimum Gasteiger partial charge on any atom is -0.452 e. The van der Waals surface area contributed by atoms with Crippen LogP contribution in [0.4, 0.5) is 14.5 Å². The first kappa shape index (κ1) is 19.2. The van der Waals surface area contributed by atoms with Crippen molar-refractivity contribution in [3.05, 3.63) is 89.5 Å². The van der Waals surface area contributed by atoms with Crippen molar-refractivity contribution >= 4 is 17.6 Å². The molecule has 0 aliphatic heterocycles. The van der Waals surface area contributed by atoms with E-state index in [-0.39, 0.29) is 5.56 Å². The van der Waals surface area contributed by atoms with Crippen molar-refractivity contribution < 1.29 is 23.1 Å². The molecule has 0 heterocycles. The van der Waals surface area contributed by atoms with E-state index in [0.717, 1.165) is 23.3 Å². The molecule has 1 N–H and O–H groups in total. The molecule has 3 aromatic rings. The second-order valence-electron chi connectivity index (χ2n) is 6.13. The zero-order chi connectivity index (χ0) is 20.1. The number of anilines is 1. The molecule has 3 aromatic carbocycles. The number of hydrogen-bond acceptors (Lipinski definition) is 3. The largest absolute Gasteiger partial charge is 0.452 e. The van der Waals surface area contributed by atoms with Gasteiger partial charge in [0.15, 0.2) is 6.61 Å². The van der Waals surface area contributed by atoms with E-state index < -0.39 is 35.8 Å². The Labute approximate surface area is 160 Å². The standard InChI is InChI=1S/C22H17F2NO3/c1-14-9-11-15(12-10-14)16-5-2-3-6-17(16)22(27)28-13-20(26)25-21-18(23)7-4-8-19(21)24/h2-12H,13H2,1H3,(H,25,26). The molecule has 3 rings (SSSR count). The molecule has 28 heavy (non-hydrogen) atoms. The summed E-state index contributed by atoms with van der Waals surface area (Å²) < 4.78 is 32.2. The average Bonchev–Trinajstić information content (AvgIpc) is 2.70. The molecule has 1 amide bonds. The molecule has 0 saturated carbocycles. The molecule has 0 aliphatic carbocycles. The molecule has 0 fully saturated rings. The maximum absolute atomic E-state index is 13.6. The number of nitrogens with one attached hydrogen (secondary N) is 1. The predicted octanol–water partition coefficient (Wildman–Crippen LogP) is 4.74. The van der Waals surface area contributed by atoms with Crippen molar-refractivity contribution in [3.8, 4) is 11.1 Å². The Kier molecular flexibility index (Phi) is 5.79. The first-order valence-corrected chi connectivity index (χ1v) is 8.53. The van der Waals surface area contributed by atoms with E-state index in [4.69, 9.17) is 4.74 Å². The van der Waals surface area contributed by atoms with Gasteiger partial charge in [0, 0.05) is 0 Å².